The van der Waals surface area contributed by atoms with Gasteiger partial charge in [-0.1, -0.05) is 36.4 Å². The number of hydrogen-bond acceptors (Lipinski definition) is 4. The number of hydrogen-bond donors (Lipinski definition) is 3. The maximum Gasteiger partial charge on any atom is 0.307 e. The van der Waals surface area contributed by atoms with E-state index >= 15 is 0 Å². The summed E-state index contributed by atoms with van der Waals surface area (Å²) >= 11 is 0. The Kier molecular flexibility index (Phi) is 5.32. The lowest BCUT2D eigenvalue weighted by molar-refractivity contribution is -0.136. The molecule has 1 aromatic heterocycles. The van der Waals surface area contributed by atoms with Crippen LogP contribution in [0.4, 0.5) is 5.69 Å². The van der Waals surface area contributed by atoms with Gasteiger partial charge in [-0.15, -0.1) is 0 Å². The lowest BCUT2D eigenvalue weighted by Gasteiger charge is -2.12. The van der Waals surface area contributed by atoms with E-state index in [-0.39, 0.29) is 12.3 Å². The predicted octanol–water partition coefficient (Wildman–Crippen LogP) is 4.44. The molecule has 30 heavy (non-hydrogen) atoms. The van der Waals surface area contributed by atoms with Gasteiger partial charge in [-0.25, -0.2) is 0 Å². The van der Waals surface area contributed by atoms with Crippen molar-refractivity contribution < 1.29 is 19.1 Å². The zero-order chi connectivity index (χ0) is 21.1. The fourth-order valence-corrected chi connectivity index (χ4v) is 3.45. The maximum atomic E-state index is 13.0. The number of aliphatic carboxylic acids is 1. The summed E-state index contributed by atoms with van der Waals surface area (Å²) in [6.07, 6.45) is 1.42. The van der Waals surface area contributed by atoms with E-state index < -0.39 is 5.97 Å². The summed E-state index contributed by atoms with van der Waals surface area (Å²) in [6, 6.07) is 20.0. The predicted molar refractivity (Wildman–Crippen MR) is 115 cm³/mol. The smallest absolute Gasteiger partial charge is 0.307 e. The molecule has 0 aliphatic heterocycles. The molecule has 0 saturated carbocycles. The first-order chi connectivity index (χ1) is 14.5. The van der Waals surface area contributed by atoms with Crippen molar-refractivity contribution in [2.45, 2.75) is 13.0 Å². The molecular weight excluding hydrogens is 380 g/mol. The van der Waals surface area contributed by atoms with E-state index in [0.717, 1.165) is 22.1 Å². The van der Waals surface area contributed by atoms with Gasteiger partial charge in [0, 0.05) is 28.7 Å². The molecule has 6 nitrogen and oxygen atoms in total. The third-order valence-electron chi connectivity index (χ3n) is 4.89. The molecule has 1 amide bonds. The first kappa shape index (κ1) is 19.4. The van der Waals surface area contributed by atoms with E-state index in [1.807, 2.05) is 24.3 Å². The van der Waals surface area contributed by atoms with Gasteiger partial charge in [-0.2, -0.15) is 0 Å². The van der Waals surface area contributed by atoms with Gasteiger partial charge in [0.2, 0.25) is 0 Å². The Labute approximate surface area is 172 Å². The number of rotatable bonds is 6. The van der Waals surface area contributed by atoms with Crippen molar-refractivity contribution in [3.8, 4) is 11.1 Å². The number of amides is 1. The van der Waals surface area contributed by atoms with Gasteiger partial charge in [-0.05, 0) is 47.0 Å². The number of anilines is 1. The summed E-state index contributed by atoms with van der Waals surface area (Å²) in [5.41, 5.74) is 10.6. The summed E-state index contributed by atoms with van der Waals surface area (Å²) in [4.78, 5) is 24.1. The van der Waals surface area contributed by atoms with Crippen LogP contribution >= 0.6 is 0 Å². The first-order valence-corrected chi connectivity index (χ1v) is 9.47. The van der Waals surface area contributed by atoms with Gasteiger partial charge in [-0.3, -0.25) is 9.59 Å². The Hall–Kier alpha value is -3.90. The van der Waals surface area contributed by atoms with Crippen molar-refractivity contribution in [1.29, 1.82) is 0 Å². The van der Waals surface area contributed by atoms with Crippen molar-refractivity contribution in [3.05, 3.63) is 89.7 Å². The van der Waals surface area contributed by atoms with E-state index in [9.17, 15) is 9.59 Å². The van der Waals surface area contributed by atoms with Gasteiger partial charge >= 0.3 is 5.97 Å². The number of nitrogens with one attached hydrogen (secondary N) is 1. The highest BCUT2D eigenvalue weighted by Gasteiger charge is 2.16. The number of carboxylic acid groups (broad SMARTS) is 1. The standard InChI is InChI=1S/C24H20N2O4/c25-14-15-4-3-6-16(10-15)20-12-19(11-18-8-9-30-23(18)20)24(29)26-21-7-2-1-5-17(21)13-22(27)28/h1-12H,13-14,25H2,(H,26,29)(H,27,28). The van der Waals surface area contributed by atoms with E-state index in [0.29, 0.717) is 28.9 Å². The van der Waals surface area contributed by atoms with Crippen LogP contribution < -0.4 is 11.1 Å². The average Bonchev–Trinajstić information content (AvgIpc) is 3.23. The molecule has 0 spiro atoms. The molecule has 0 unspecified atom stereocenters. The third kappa shape index (κ3) is 3.94. The summed E-state index contributed by atoms with van der Waals surface area (Å²) in [5, 5.41) is 12.7. The van der Waals surface area contributed by atoms with Crippen molar-refractivity contribution in [3.63, 3.8) is 0 Å². The Balaban J connectivity index is 1.73. The van der Waals surface area contributed by atoms with Crippen LogP contribution in [0.5, 0.6) is 0 Å². The Morgan fingerprint density at radius 2 is 1.83 bits per heavy atom. The number of carbonyl (C=O) groups is 2. The van der Waals surface area contributed by atoms with E-state index in [1.165, 1.54) is 0 Å². The Morgan fingerprint density at radius 1 is 1.00 bits per heavy atom. The normalized spacial score (nSPS) is 10.8. The van der Waals surface area contributed by atoms with Crippen molar-refractivity contribution >= 4 is 28.5 Å². The monoisotopic (exact) mass is 400 g/mol. The van der Waals surface area contributed by atoms with E-state index in [1.54, 1.807) is 48.7 Å². The van der Waals surface area contributed by atoms with Crippen LogP contribution in [0.15, 0.2) is 77.4 Å². The third-order valence-corrected chi connectivity index (χ3v) is 4.89. The Morgan fingerprint density at radius 3 is 2.63 bits per heavy atom. The minimum Gasteiger partial charge on any atom is -0.481 e. The van der Waals surface area contributed by atoms with Gasteiger partial charge < -0.3 is 20.6 Å². The van der Waals surface area contributed by atoms with E-state index in [2.05, 4.69) is 5.32 Å². The van der Waals surface area contributed by atoms with Crippen molar-refractivity contribution in [1.82, 2.24) is 0 Å². The molecule has 0 radical (unpaired) electrons. The van der Waals surface area contributed by atoms with Crippen LogP contribution in [0.1, 0.15) is 21.5 Å². The highest BCUT2D eigenvalue weighted by molar-refractivity contribution is 6.09. The molecule has 0 aliphatic rings. The van der Waals surface area contributed by atoms with Crippen molar-refractivity contribution in [2.75, 3.05) is 5.32 Å². The van der Waals surface area contributed by atoms with E-state index in [4.69, 9.17) is 15.3 Å². The van der Waals surface area contributed by atoms with Gasteiger partial charge in [0.1, 0.15) is 5.58 Å². The quantitative estimate of drug-likeness (QED) is 0.444. The van der Waals surface area contributed by atoms with Crippen LogP contribution in [0.3, 0.4) is 0 Å². The van der Waals surface area contributed by atoms with Gasteiger partial charge in [0.25, 0.3) is 5.91 Å². The van der Waals surface area contributed by atoms with Crippen LogP contribution in [-0.2, 0) is 17.8 Å². The number of nitrogens with two attached hydrogens (primary N) is 1. The SMILES string of the molecule is NCc1cccc(-c2cc(C(=O)Nc3ccccc3CC(=O)O)cc3ccoc23)c1. The minimum absolute atomic E-state index is 0.172. The molecular formula is C24H20N2O4. The Bertz CT molecular complexity index is 1240. The molecule has 150 valence electrons. The summed E-state index contributed by atoms with van der Waals surface area (Å²) in [5.74, 6) is -1.29. The number of carboxylic acids is 1. The molecule has 6 heteroatoms. The number of fused-ring (bicyclic) bond motifs is 1. The number of para-hydroxylation sites is 1. The fraction of sp³-hybridized carbons (Fsp3) is 0.0833. The molecule has 1 heterocycles. The number of furan rings is 1. The maximum absolute atomic E-state index is 13.0. The zero-order valence-electron chi connectivity index (χ0n) is 16.1. The van der Waals surface area contributed by atoms with Gasteiger partial charge in [0.15, 0.2) is 0 Å². The lowest BCUT2D eigenvalue weighted by atomic mass is 9.98. The second-order valence-corrected chi connectivity index (χ2v) is 6.95. The zero-order valence-corrected chi connectivity index (χ0v) is 16.1. The molecule has 4 rings (SSSR count). The van der Waals surface area contributed by atoms with Crippen molar-refractivity contribution in [2.24, 2.45) is 5.73 Å². The summed E-state index contributed by atoms with van der Waals surface area (Å²) in [6.45, 7) is 0.412. The minimum atomic E-state index is -0.960. The van der Waals surface area contributed by atoms with Crippen LogP contribution in [0.25, 0.3) is 22.1 Å². The molecule has 4 aromatic rings. The summed E-state index contributed by atoms with van der Waals surface area (Å²) < 4.78 is 5.66. The lowest BCUT2D eigenvalue weighted by Crippen LogP contribution is -2.14. The molecule has 0 saturated heterocycles. The molecule has 3 aromatic carbocycles. The number of benzene rings is 3. The van der Waals surface area contributed by atoms with Crippen LogP contribution in [0, 0.1) is 0 Å². The molecule has 4 N–H and O–H groups in total. The molecule has 0 aliphatic carbocycles. The largest absolute Gasteiger partial charge is 0.481 e. The van der Waals surface area contributed by atoms with Crippen LogP contribution in [0.2, 0.25) is 0 Å². The second kappa shape index (κ2) is 8.23. The molecule has 0 bridgehead atoms. The summed E-state index contributed by atoms with van der Waals surface area (Å²) in [7, 11) is 0. The number of carbonyl (C=O) groups excluding carboxylic acids is 1. The highest BCUT2D eigenvalue weighted by Crippen LogP contribution is 2.32. The first-order valence-electron chi connectivity index (χ1n) is 9.47. The molecule has 0 fully saturated rings. The topological polar surface area (TPSA) is 106 Å². The highest BCUT2D eigenvalue weighted by atomic mass is 16.4. The van der Waals surface area contributed by atoms with Gasteiger partial charge in [0.05, 0.1) is 12.7 Å². The van der Waals surface area contributed by atoms with Crippen LogP contribution in [-0.4, -0.2) is 17.0 Å². The average molecular weight is 400 g/mol. The second-order valence-electron chi connectivity index (χ2n) is 6.95. The fourth-order valence-electron chi connectivity index (χ4n) is 3.45. The molecule has 0 atom stereocenters.